The summed E-state index contributed by atoms with van der Waals surface area (Å²) < 4.78 is 21.5. The minimum absolute atomic E-state index is 0. The second-order valence-corrected chi connectivity index (χ2v) is 8.49. The van der Waals surface area contributed by atoms with Crippen molar-refractivity contribution in [3.63, 3.8) is 0 Å². The molecule has 0 atom stereocenters. The van der Waals surface area contributed by atoms with Gasteiger partial charge in [0.15, 0.2) is 5.17 Å². The van der Waals surface area contributed by atoms with E-state index in [0.717, 1.165) is 27.8 Å². The van der Waals surface area contributed by atoms with Crippen LogP contribution in [0.25, 0.3) is 0 Å². The molecule has 188 valence electrons. The number of hydrogen-bond acceptors (Lipinski definition) is 6. The van der Waals surface area contributed by atoms with Gasteiger partial charge in [0.25, 0.3) is 0 Å². The van der Waals surface area contributed by atoms with E-state index in [4.69, 9.17) is 35.5 Å². The molecule has 0 aliphatic carbocycles. The summed E-state index contributed by atoms with van der Waals surface area (Å²) in [6.45, 7) is 1.31. The Morgan fingerprint density at radius 2 is 1.26 bits per heavy atom. The summed E-state index contributed by atoms with van der Waals surface area (Å²) in [4.78, 5) is 7.15. The summed E-state index contributed by atoms with van der Waals surface area (Å²) in [7, 11) is 6.50. The van der Waals surface area contributed by atoms with Crippen LogP contribution in [0, 0.1) is 0 Å². The minimum atomic E-state index is 0. The molecule has 35 heavy (non-hydrogen) atoms. The van der Waals surface area contributed by atoms with Crippen molar-refractivity contribution >= 4 is 58.2 Å². The van der Waals surface area contributed by atoms with Crippen LogP contribution in [-0.2, 0) is 13.1 Å². The van der Waals surface area contributed by atoms with E-state index in [-0.39, 0.29) is 24.0 Å². The van der Waals surface area contributed by atoms with Crippen LogP contribution in [0.3, 0.4) is 0 Å². The first kappa shape index (κ1) is 28.9. The topological polar surface area (TPSA) is 52.5 Å². The summed E-state index contributed by atoms with van der Waals surface area (Å²) in [5.41, 5.74) is 2.90. The van der Waals surface area contributed by atoms with Crippen LogP contribution in [0.4, 0.5) is 5.69 Å². The fraction of sp³-hybridized carbons (Fsp3) is 0.269. The second kappa shape index (κ2) is 14.3. The number of ether oxygens (including phenoxy) is 4. The average Bonchev–Trinajstić information content (AvgIpc) is 2.87. The molecule has 0 unspecified atom stereocenters. The predicted molar refractivity (Wildman–Crippen MR) is 156 cm³/mol. The average molecular weight is 629 g/mol. The fourth-order valence-electron chi connectivity index (χ4n) is 3.37. The molecule has 6 nitrogen and oxygen atoms in total. The van der Waals surface area contributed by atoms with Crippen molar-refractivity contribution in [3.05, 3.63) is 76.8 Å². The van der Waals surface area contributed by atoms with Crippen LogP contribution < -0.4 is 18.9 Å². The zero-order valence-corrected chi connectivity index (χ0v) is 24.3. The maximum absolute atomic E-state index is 6.39. The molecule has 0 N–H and O–H groups in total. The number of benzene rings is 3. The van der Waals surface area contributed by atoms with Gasteiger partial charge in [0.2, 0.25) is 0 Å². The van der Waals surface area contributed by atoms with E-state index >= 15 is 0 Å². The molecule has 0 amide bonds. The van der Waals surface area contributed by atoms with Gasteiger partial charge in [0.1, 0.15) is 28.7 Å². The number of hydrogen-bond donors (Lipinski definition) is 0. The van der Waals surface area contributed by atoms with E-state index in [9.17, 15) is 0 Å². The molecule has 9 heteroatoms. The molecule has 3 aromatic rings. The number of amidine groups is 1. The molecule has 3 aromatic carbocycles. The van der Waals surface area contributed by atoms with Crippen molar-refractivity contribution in [3.8, 4) is 23.0 Å². The first-order valence-corrected chi connectivity index (χ1v) is 12.2. The maximum Gasteiger partial charge on any atom is 0.164 e. The van der Waals surface area contributed by atoms with Gasteiger partial charge in [-0.25, -0.2) is 4.99 Å². The van der Waals surface area contributed by atoms with Gasteiger partial charge < -0.3 is 23.8 Å². The molecule has 0 saturated carbocycles. The summed E-state index contributed by atoms with van der Waals surface area (Å²) >= 11 is 7.95. The summed E-state index contributed by atoms with van der Waals surface area (Å²) in [6.07, 6.45) is 2.01. The standard InChI is InChI=1S/C26H29ClN2O4S.HI/c1-30-20-10-6-18(7-11-20)16-29(17-19-8-12-21(31-2)13-9-19)26(34-5)28-23-14-22(27)24(32-3)15-25(23)33-4;/h6-15H,16-17H2,1-5H3;1H. The van der Waals surface area contributed by atoms with Crippen LogP contribution in [0.1, 0.15) is 11.1 Å². The Morgan fingerprint density at radius 3 is 1.66 bits per heavy atom. The van der Waals surface area contributed by atoms with Gasteiger partial charge in [-0.15, -0.1) is 24.0 Å². The zero-order chi connectivity index (χ0) is 24.5. The number of thioether (sulfide) groups is 1. The van der Waals surface area contributed by atoms with E-state index in [1.54, 1.807) is 52.3 Å². The highest BCUT2D eigenvalue weighted by molar-refractivity contribution is 14.0. The van der Waals surface area contributed by atoms with E-state index in [0.29, 0.717) is 35.3 Å². The molecular formula is C26H30ClIN2O4S. The third-order valence-corrected chi connectivity index (χ3v) is 6.20. The molecule has 0 saturated heterocycles. The van der Waals surface area contributed by atoms with Crippen LogP contribution >= 0.6 is 47.3 Å². The number of nitrogens with zero attached hydrogens (tertiary/aromatic N) is 2. The smallest absolute Gasteiger partial charge is 0.164 e. The molecule has 0 bridgehead atoms. The Hall–Kier alpha value is -2.30. The first-order valence-electron chi connectivity index (χ1n) is 10.6. The van der Waals surface area contributed by atoms with Crippen molar-refractivity contribution in [1.82, 2.24) is 4.90 Å². The number of aliphatic imine (C=N–C) groups is 1. The van der Waals surface area contributed by atoms with E-state index in [1.165, 1.54) is 0 Å². The fourth-order valence-corrected chi connectivity index (χ4v) is 4.19. The highest BCUT2D eigenvalue weighted by atomic mass is 127. The SMILES string of the molecule is COc1ccc(CN(Cc2ccc(OC)cc2)C(=Nc2cc(Cl)c(OC)cc2OC)SC)cc1.I. The molecule has 0 aliphatic heterocycles. The lowest BCUT2D eigenvalue weighted by atomic mass is 10.1. The first-order chi connectivity index (χ1) is 16.5. The molecule has 0 aromatic heterocycles. The lowest BCUT2D eigenvalue weighted by molar-refractivity contribution is 0.394. The number of methoxy groups -OCH3 is 4. The second-order valence-electron chi connectivity index (χ2n) is 7.31. The van der Waals surface area contributed by atoms with Gasteiger partial charge in [-0.05, 0) is 47.7 Å². The third kappa shape index (κ3) is 7.85. The lowest BCUT2D eigenvalue weighted by Gasteiger charge is -2.26. The van der Waals surface area contributed by atoms with Crippen molar-refractivity contribution in [2.45, 2.75) is 13.1 Å². The van der Waals surface area contributed by atoms with Gasteiger partial charge in [-0.3, -0.25) is 0 Å². The van der Waals surface area contributed by atoms with Crippen LogP contribution in [0.2, 0.25) is 5.02 Å². The van der Waals surface area contributed by atoms with Gasteiger partial charge in [0.05, 0.1) is 33.5 Å². The Balaban J connectivity index is 0.00000432. The van der Waals surface area contributed by atoms with Crippen molar-refractivity contribution in [2.75, 3.05) is 34.7 Å². The molecule has 3 rings (SSSR count). The largest absolute Gasteiger partial charge is 0.497 e. The summed E-state index contributed by atoms with van der Waals surface area (Å²) in [6, 6.07) is 19.6. The summed E-state index contributed by atoms with van der Waals surface area (Å²) in [5, 5.41) is 1.30. The van der Waals surface area contributed by atoms with Crippen LogP contribution in [-0.4, -0.2) is 44.8 Å². The van der Waals surface area contributed by atoms with Crippen molar-refractivity contribution in [2.24, 2.45) is 4.99 Å². The Morgan fingerprint density at radius 1 is 0.771 bits per heavy atom. The van der Waals surface area contributed by atoms with Gasteiger partial charge in [-0.1, -0.05) is 47.6 Å². The Labute approximate surface area is 233 Å². The van der Waals surface area contributed by atoms with Gasteiger partial charge in [-0.2, -0.15) is 0 Å². The molecule has 0 fully saturated rings. The lowest BCUT2D eigenvalue weighted by Crippen LogP contribution is -2.27. The van der Waals surface area contributed by atoms with Crippen molar-refractivity contribution < 1.29 is 18.9 Å². The minimum Gasteiger partial charge on any atom is -0.497 e. The Bertz CT molecular complexity index is 1060. The van der Waals surface area contributed by atoms with E-state index in [1.807, 2.05) is 30.5 Å². The monoisotopic (exact) mass is 628 g/mol. The highest BCUT2D eigenvalue weighted by Crippen LogP contribution is 2.38. The van der Waals surface area contributed by atoms with Gasteiger partial charge in [0, 0.05) is 19.2 Å². The molecular weight excluding hydrogens is 599 g/mol. The zero-order valence-electron chi connectivity index (χ0n) is 20.4. The molecule has 0 spiro atoms. The van der Waals surface area contributed by atoms with Crippen molar-refractivity contribution in [1.29, 1.82) is 0 Å². The highest BCUT2D eigenvalue weighted by Gasteiger charge is 2.16. The normalized spacial score (nSPS) is 10.9. The number of halogens is 2. The quantitative estimate of drug-likeness (QED) is 0.144. The van der Waals surface area contributed by atoms with E-state index < -0.39 is 0 Å². The maximum atomic E-state index is 6.39. The van der Waals surface area contributed by atoms with Gasteiger partial charge >= 0.3 is 0 Å². The predicted octanol–water partition coefficient (Wildman–Crippen LogP) is 7.05. The molecule has 0 aliphatic rings. The molecule has 0 heterocycles. The van der Waals surface area contributed by atoms with E-state index in [2.05, 4.69) is 29.2 Å². The summed E-state index contributed by atoms with van der Waals surface area (Å²) in [5.74, 6) is 2.77. The van der Waals surface area contributed by atoms with Crippen LogP contribution in [0.15, 0.2) is 65.7 Å². The van der Waals surface area contributed by atoms with Crippen LogP contribution in [0.5, 0.6) is 23.0 Å². The third-order valence-electron chi connectivity index (χ3n) is 5.19. The molecule has 0 radical (unpaired) electrons. The Kier molecular flexibility index (Phi) is 11.8. The number of rotatable bonds is 9.